The van der Waals surface area contributed by atoms with E-state index in [0.717, 1.165) is 44.9 Å². The summed E-state index contributed by atoms with van der Waals surface area (Å²) in [7, 11) is 0. The number of carbonyl (C=O) groups excluding carboxylic acids is 1. The van der Waals surface area contributed by atoms with Crippen LogP contribution in [0.2, 0.25) is 5.02 Å². The summed E-state index contributed by atoms with van der Waals surface area (Å²) in [5.74, 6) is -0.264. The Labute approximate surface area is 210 Å². The van der Waals surface area contributed by atoms with Gasteiger partial charge in [-0.15, -0.1) is 0 Å². The summed E-state index contributed by atoms with van der Waals surface area (Å²) < 4.78 is 70.9. The molecule has 0 aromatic carbocycles. The molecule has 1 fully saturated rings. The van der Waals surface area contributed by atoms with E-state index in [1.54, 1.807) is 6.92 Å². The van der Waals surface area contributed by atoms with Crippen molar-refractivity contribution in [1.29, 1.82) is 0 Å². The number of nitrogens with zero attached hydrogens (tertiary/aromatic N) is 3. The summed E-state index contributed by atoms with van der Waals surface area (Å²) in [6, 6.07) is -1.06. The molecule has 1 unspecified atom stereocenters. The summed E-state index contributed by atoms with van der Waals surface area (Å²) in [5, 5.41) is 9.10. The van der Waals surface area contributed by atoms with Crippen LogP contribution >= 0.6 is 11.6 Å². The van der Waals surface area contributed by atoms with Gasteiger partial charge in [0.15, 0.2) is 5.69 Å². The number of anilines is 1. The van der Waals surface area contributed by atoms with E-state index in [4.69, 9.17) is 11.6 Å². The fourth-order valence-electron chi connectivity index (χ4n) is 4.12. The van der Waals surface area contributed by atoms with E-state index >= 15 is 0 Å². The summed E-state index contributed by atoms with van der Waals surface area (Å²) in [6.07, 6.45) is 0.703. The van der Waals surface area contributed by atoms with Crippen LogP contribution < -0.4 is 15.4 Å². The average Bonchev–Trinajstić information content (AvgIpc) is 3.14. The van der Waals surface area contributed by atoms with Gasteiger partial charge in [-0.3, -0.25) is 9.48 Å². The predicted octanol–water partition coefficient (Wildman–Crippen LogP) is 6.14. The van der Waals surface area contributed by atoms with E-state index in [1.807, 2.05) is 0 Å². The van der Waals surface area contributed by atoms with Crippen LogP contribution in [-0.4, -0.2) is 46.0 Å². The number of ether oxygens (including phenoxy) is 1. The first-order chi connectivity index (χ1) is 16.9. The Kier molecular flexibility index (Phi) is 9.02. The molecular weight excluding hydrogens is 509 g/mol. The molecule has 1 saturated carbocycles. The second-order valence-electron chi connectivity index (χ2n) is 9.01. The van der Waals surface area contributed by atoms with Crippen molar-refractivity contribution in [2.45, 2.75) is 71.8 Å². The van der Waals surface area contributed by atoms with E-state index in [1.165, 1.54) is 4.68 Å². The number of alkyl halides is 5. The van der Waals surface area contributed by atoms with Crippen molar-refractivity contribution < 1.29 is 31.5 Å². The number of carbonyl (C=O) groups is 1. The molecule has 200 valence electrons. The normalized spacial score (nSPS) is 19.3. The number of halogens is 6. The second kappa shape index (κ2) is 11.6. The molecule has 2 aromatic rings. The quantitative estimate of drug-likeness (QED) is 0.376. The molecular formula is C23H29ClF5N5O2. The van der Waals surface area contributed by atoms with Crippen LogP contribution in [0.3, 0.4) is 0 Å². The van der Waals surface area contributed by atoms with Crippen molar-refractivity contribution in [3.63, 3.8) is 0 Å². The van der Waals surface area contributed by atoms with Crippen LogP contribution in [0.1, 0.15) is 56.9 Å². The molecule has 1 atom stereocenters. The summed E-state index contributed by atoms with van der Waals surface area (Å²) in [4.78, 5) is 16.8. The molecule has 0 spiro atoms. The Morgan fingerprint density at radius 2 is 1.94 bits per heavy atom. The van der Waals surface area contributed by atoms with Gasteiger partial charge in [0, 0.05) is 25.4 Å². The third kappa shape index (κ3) is 6.77. The van der Waals surface area contributed by atoms with Crippen LogP contribution in [0, 0.1) is 11.8 Å². The first-order valence-electron chi connectivity index (χ1n) is 11.7. The Hall–Kier alpha value is -2.63. The van der Waals surface area contributed by atoms with Crippen molar-refractivity contribution in [2.75, 3.05) is 11.9 Å². The van der Waals surface area contributed by atoms with Gasteiger partial charge < -0.3 is 15.4 Å². The molecule has 3 rings (SSSR count). The van der Waals surface area contributed by atoms with Crippen molar-refractivity contribution in [2.24, 2.45) is 11.8 Å². The zero-order valence-electron chi connectivity index (χ0n) is 20.1. The zero-order valence-corrected chi connectivity index (χ0v) is 20.9. The smallest absolute Gasteiger partial charge is 0.408 e. The lowest BCUT2D eigenvalue weighted by Crippen LogP contribution is -2.33. The molecule has 2 N–H and O–H groups in total. The first-order valence-corrected chi connectivity index (χ1v) is 12.1. The van der Waals surface area contributed by atoms with E-state index in [9.17, 15) is 26.7 Å². The van der Waals surface area contributed by atoms with Gasteiger partial charge in [-0.1, -0.05) is 31.4 Å². The van der Waals surface area contributed by atoms with Gasteiger partial charge in [0.2, 0.25) is 0 Å². The van der Waals surface area contributed by atoms with Crippen LogP contribution in [0.25, 0.3) is 11.3 Å². The highest BCUT2D eigenvalue weighted by atomic mass is 35.5. The fourth-order valence-corrected chi connectivity index (χ4v) is 4.44. The number of hydrogen-bond acceptors (Lipinski definition) is 5. The number of pyridine rings is 1. The van der Waals surface area contributed by atoms with Gasteiger partial charge in [0.1, 0.15) is 17.6 Å². The predicted molar refractivity (Wildman–Crippen MR) is 125 cm³/mol. The highest BCUT2D eigenvalue weighted by Gasteiger charge is 2.36. The molecule has 7 nitrogen and oxygen atoms in total. The Bertz CT molecular complexity index is 1050. The summed E-state index contributed by atoms with van der Waals surface area (Å²) >= 11 is 6.49. The molecule has 0 bridgehead atoms. The van der Waals surface area contributed by atoms with Crippen LogP contribution in [0.15, 0.2) is 12.3 Å². The topological polar surface area (TPSA) is 81.1 Å². The van der Waals surface area contributed by atoms with Gasteiger partial charge in [0.05, 0.1) is 16.3 Å². The summed E-state index contributed by atoms with van der Waals surface area (Å²) in [5.41, 5.74) is -0.0388. The lowest BCUT2D eigenvalue weighted by molar-refractivity contribution is -0.138. The molecule has 13 heteroatoms. The van der Waals surface area contributed by atoms with E-state index in [-0.39, 0.29) is 34.3 Å². The van der Waals surface area contributed by atoms with Gasteiger partial charge in [-0.2, -0.15) is 27.1 Å². The standard InChI is InChI=1S/C23H29ClF5N5O2/c1-4-34-20(18(24)19(33-34)21(35)31-10-14-7-5-12(2)6-8-14)15-11-30-17(9-16(15)36-22(25)26)32-13(3)23(27,28)29/h9,11-14,22H,4-8,10H2,1-3H3,(H,30,32)(H,31,35). The van der Waals surface area contributed by atoms with E-state index < -0.39 is 30.5 Å². The van der Waals surface area contributed by atoms with Crippen molar-refractivity contribution in [3.05, 3.63) is 23.0 Å². The SMILES string of the molecule is CCn1nc(C(=O)NCC2CCC(C)CC2)c(Cl)c1-c1cnc(NC(C)C(F)(F)F)cc1OC(F)F. The average molecular weight is 538 g/mol. The zero-order chi connectivity index (χ0) is 26.6. The number of aryl methyl sites for hydroxylation is 1. The Morgan fingerprint density at radius 1 is 1.28 bits per heavy atom. The number of hydrogen-bond donors (Lipinski definition) is 2. The van der Waals surface area contributed by atoms with Gasteiger partial charge in [-0.05, 0) is 38.5 Å². The number of nitrogens with one attached hydrogen (secondary N) is 2. The first kappa shape index (κ1) is 27.9. The second-order valence-corrected chi connectivity index (χ2v) is 9.39. The molecule has 2 aromatic heterocycles. The van der Waals surface area contributed by atoms with Gasteiger partial charge >= 0.3 is 12.8 Å². The van der Waals surface area contributed by atoms with E-state index in [0.29, 0.717) is 18.4 Å². The number of aromatic nitrogens is 3. The Balaban J connectivity index is 1.89. The van der Waals surface area contributed by atoms with Gasteiger partial charge in [0.25, 0.3) is 5.91 Å². The van der Waals surface area contributed by atoms with Crippen LogP contribution in [0.4, 0.5) is 27.8 Å². The Morgan fingerprint density at radius 3 is 2.53 bits per heavy atom. The molecule has 2 heterocycles. The van der Waals surface area contributed by atoms with Gasteiger partial charge in [-0.25, -0.2) is 4.98 Å². The molecule has 0 saturated heterocycles. The van der Waals surface area contributed by atoms with Crippen LogP contribution in [-0.2, 0) is 6.54 Å². The molecule has 1 amide bonds. The molecule has 0 radical (unpaired) electrons. The molecule has 36 heavy (non-hydrogen) atoms. The van der Waals surface area contributed by atoms with Crippen molar-refractivity contribution >= 4 is 23.3 Å². The minimum absolute atomic E-state index is 0.0415. The third-order valence-corrected chi connectivity index (χ3v) is 6.65. The lowest BCUT2D eigenvalue weighted by atomic mass is 9.83. The minimum atomic E-state index is -4.58. The molecule has 0 aliphatic heterocycles. The molecule has 1 aliphatic rings. The maximum absolute atomic E-state index is 13.2. The maximum atomic E-state index is 13.2. The van der Waals surface area contributed by atoms with E-state index in [2.05, 4.69) is 32.4 Å². The van der Waals surface area contributed by atoms with Crippen LogP contribution in [0.5, 0.6) is 5.75 Å². The summed E-state index contributed by atoms with van der Waals surface area (Å²) in [6.45, 7) is 2.20. The number of amides is 1. The highest BCUT2D eigenvalue weighted by Crippen LogP contribution is 2.39. The maximum Gasteiger partial charge on any atom is 0.408 e. The fraction of sp³-hybridized carbons (Fsp3) is 0.609. The highest BCUT2D eigenvalue weighted by molar-refractivity contribution is 6.36. The van der Waals surface area contributed by atoms with Crippen molar-refractivity contribution in [1.82, 2.24) is 20.1 Å². The minimum Gasteiger partial charge on any atom is -0.434 e. The monoisotopic (exact) mass is 537 g/mol. The third-order valence-electron chi connectivity index (χ3n) is 6.29. The lowest BCUT2D eigenvalue weighted by Gasteiger charge is -2.26. The largest absolute Gasteiger partial charge is 0.434 e. The van der Waals surface area contributed by atoms with Crippen molar-refractivity contribution in [3.8, 4) is 17.0 Å². The molecule has 1 aliphatic carbocycles. The number of rotatable bonds is 9.